The normalized spacial score (nSPS) is 31.6. The Balaban J connectivity index is 1.77. The second kappa shape index (κ2) is 4.43. The maximum absolute atomic E-state index is 3.31. The van der Waals surface area contributed by atoms with E-state index in [0.717, 1.165) is 12.0 Å². The van der Waals surface area contributed by atoms with Crippen LogP contribution in [0.3, 0.4) is 0 Å². The molecule has 76 valence electrons. The van der Waals surface area contributed by atoms with E-state index in [1.807, 2.05) is 0 Å². The number of hydrogen-bond acceptors (Lipinski definition) is 2. The van der Waals surface area contributed by atoms with Gasteiger partial charge in [-0.2, -0.15) is 0 Å². The van der Waals surface area contributed by atoms with Crippen molar-refractivity contribution in [2.45, 2.75) is 38.1 Å². The quantitative estimate of drug-likeness (QED) is 0.711. The van der Waals surface area contributed by atoms with E-state index in [4.69, 9.17) is 0 Å². The molecule has 1 heterocycles. The lowest BCUT2D eigenvalue weighted by molar-refractivity contribution is 0.0773. The van der Waals surface area contributed by atoms with Crippen LogP contribution in [0.15, 0.2) is 0 Å². The van der Waals surface area contributed by atoms with Crippen molar-refractivity contribution in [2.24, 2.45) is 5.92 Å². The Morgan fingerprint density at radius 3 is 2.69 bits per heavy atom. The molecule has 0 aromatic rings. The van der Waals surface area contributed by atoms with Crippen LogP contribution in [0.5, 0.6) is 0 Å². The fraction of sp³-hybridized carbons (Fsp3) is 1.00. The van der Waals surface area contributed by atoms with Gasteiger partial charge < -0.3 is 10.2 Å². The second-order valence-corrected chi connectivity index (χ2v) is 4.65. The number of likely N-dealkylation sites (tertiary alicyclic amines) is 1. The van der Waals surface area contributed by atoms with Crippen molar-refractivity contribution < 1.29 is 0 Å². The van der Waals surface area contributed by atoms with E-state index in [1.54, 1.807) is 0 Å². The molecule has 2 aliphatic rings. The van der Waals surface area contributed by atoms with Gasteiger partial charge >= 0.3 is 0 Å². The summed E-state index contributed by atoms with van der Waals surface area (Å²) in [5.41, 5.74) is 0. The molecule has 0 radical (unpaired) electrons. The van der Waals surface area contributed by atoms with Crippen molar-refractivity contribution in [3.05, 3.63) is 0 Å². The molecule has 13 heavy (non-hydrogen) atoms. The second-order valence-electron chi connectivity index (χ2n) is 4.65. The third-order valence-corrected chi connectivity index (χ3v) is 3.63. The molecular weight excluding hydrogens is 160 g/mol. The zero-order valence-electron chi connectivity index (χ0n) is 8.76. The zero-order chi connectivity index (χ0) is 9.10. The summed E-state index contributed by atoms with van der Waals surface area (Å²) in [7, 11) is 2.07. The predicted octanol–water partition coefficient (Wildman–Crippen LogP) is 1.47. The Morgan fingerprint density at radius 1 is 1.23 bits per heavy atom. The molecular formula is C11H22N2. The Labute approximate surface area is 81.7 Å². The van der Waals surface area contributed by atoms with Gasteiger partial charge in [-0.05, 0) is 51.7 Å². The summed E-state index contributed by atoms with van der Waals surface area (Å²) in [6.07, 6.45) is 7.25. The number of hydrogen-bond donors (Lipinski definition) is 1. The summed E-state index contributed by atoms with van der Waals surface area (Å²) in [6.45, 7) is 3.93. The van der Waals surface area contributed by atoms with Crippen LogP contribution in [-0.2, 0) is 0 Å². The molecule has 0 amide bonds. The molecule has 2 rings (SSSR count). The van der Waals surface area contributed by atoms with E-state index < -0.39 is 0 Å². The van der Waals surface area contributed by atoms with Gasteiger partial charge in [0.2, 0.25) is 0 Å². The van der Waals surface area contributed by atoms with Gasteiger partial charge in [-0.3, -0.25) is 0 Å². The SMILES string of the molecule is CNCC1CCCN(C2CCC2)C1. The van der Waals surface area contributed by atoms with E-state index in [9.17, 15) is 0 Å². The van der Waals surface area contributed by atoms with E-state index in [0.29, 0.717) is 0 Å². The van der Waals surface area contributed by atoms with Gasteiger partial charge in [-0.25, -0.2) is 0 Å². The molecule has 1 aliphatic heterocycles. The van der Waals surface area contributed by atoms with Gasteiger partial charge in [0.15, 0.2) is 0 Å². The van der Waals surface area contributed by atoms with Gasteiger partial charge in [0.25, 0.3) is 0 Å². The minimum Gasteiger partial charge on any atom is -0.319 e. The molecule has 2 nitrogen and oxygen atoms in total. The van der Waals surface area contributed by atoms with E-state index >= 15 is 0 Å². The minimum atomic E-state index is 0.916. The van der Waals surface area contributed by atoms with Gasteiger partial charge in [0.1, 0.15) is 0 Å². The lowest BCUT2D eigenvalue weighted by Gasteiger charge is -2.42. The third kappa shape index (κ3) is 2.23. The number of nitrogens with zero attached hydrogens (tertiary/aromatic N) is 1. The van der Waals surface area contributed by atoms with Crippen LogP contribution < -0.4 is 5.32 Å². The van der Waals surface area contributed by atoms with Crippen LogP contribution >= 0.6 is 0 Å². The Hall–Kier alpha value is -0.0800. The molecule has 1 saturated carbocycles. The summed E-state index contributed by atoms with van der Waals surface area (Å²) >= 11 is 0. The molecule has 0 aromatic heterocycles. The van der Waals surface area contributed by atoms with E-state index in [-0.39, 0.29) is 0 Å². The van der Waals surface area contributed by atoms with Crippen LogP contribution in [-0.4, -0.2) is 37.6 Å². The maximum atomic E-state index is 3.31. The molecule has 0 bridgehead atoms. The lowest BCUT2D eigenvalue weighted by atomic mass is 9.88. The van der Waals surface area contributed by atoms with Gasteiger partial charge in [0, 0.05) is 12.6 Å². The van der Waals surface area contributed by atoms with Crippen molar-refractivity contribution in [1.82, 2.24) is 10.2 Å². The standard InChI is InChI=1S/C11H22N2/c1-12-8-10-4-3-7-13(9-10)11-5-2-6-11/h10-12H,2-9H2,1H3. The molecule has 1 unspecified atom stereocenters. The highest BCUT2D eigenvalue weighted by Gasteiger charge is 2.28. The zero-order valence-corrected chi connectivity index (χ0v) is 8.76. The van der Waals surface area contributed by atoms with Crippen LogP contribution in [0, 0.1) is 5.92 Å². The molecule has 2 heteroatoms. The molecule has 1 N–H and O–H groups in total. The van der Waals surface area contributed by atoms with Crippen LogP contribution in [0.1, 0.15) is 32.1 Å². The van der Waals surface area contributed by atoms with Crippen molar-refractivity contribution in [3.8, 4) is 0 Å². The summed E-state index contributed by atoms with van der Waals surface area (Å²) in [4.78, 5) is 2.73. The molecule has 1 aliphatic carbocycles. The van der Waals surface area contributed by atoms with Crippen LogP contribution in [0.25, 0.3) is 0 Å². The van der Waals surface area contributed by atoms with Gasteiger partial charge in [-0.1, -0.05) is 6.42 Å². The highest BCUT2D eigenvalue weighted by Crippen LogP contribution is 2.28. The first-order valence-electron chi connectivity index (χ1n) is 5.79. The van der Waals surface area contributed by atoms with Gasteiger partial charge in [-0.15, -0.1) is 0 Å². The largest absolute Gasteiger partial charge is 0.319 e. The molecule has 1 saturated heterocycles. The monoisotopic (exact) mass is 182 g/mol. The molecule has 0 aromatic carbocycles. The number of nitrogens with one attached hydrogen (secondary N) is 1. The topological polar surface area (TPSA) is 15.3 Å². The Bertz CT molecular complexity index is 152. The maximum Gasteiger partial charge on any atom is 0.00954 e. The van der Waals surface area contributed by atoms with E-state index in [1.165, 1.54) is 51.7 Å². The summed E-state index contributed by atoms with van der Waals surface area (Å²) in [5, 5.41) is 3.31. The molecule has 1 atom stereocenters. The number of rotatable bonds is 3. The predicted molar refractivity (Wildman–Crippen MR) is 55.9 cm³/mol. The highest BCUT2D eigenvalue weighted by molar-refractivity contribution is 4.84. The van der Waals surface area contributed by atoms with Crippen molar-refractivity contribution in [2.75, 3.05) is 26.7 Å². The third-order valence-electron chi connectivity index (χ3n) is 3.63. The summed E-state index contributed by atoms with van der Waals surface area (Å²) < 4.78 is 0. The lowest BCUT2D eigenvalue weighted by Crippen LogP contribution is -2.47. The minimum absolute atomic E-state index is 0.916. The smallest absolute Gasteiger partial charge is 0.00954 e. The van der Waals surface area contributed by atoms with Crippen LogP contribution in [0.4, 0.5) is 0 Å². The van der Waals surface area contributed by atoms with Crippen molar-refractivity contribution in [1.29, 1.82) is 0 Å². The average molecular weight is 182 g/mol. The number of piperidine rings is 1. The van der Waals surface area contributed by atoms with Crippen molar-refractivity contribution >= 4 is 0 Å². The Morgan fingerprint density at radius 2 is 2.08 bits per heavy atom. The van der Waals surface area contributed by atoms with E-state index in [2.05, 4.69) is 17.3 Å². The Kier molecular flexibility index (Phi) is 3.23. The fourth-order valence-corrected chi connectivity index (χ4v) is 2.64. The molecule has 2 fully saturated rings. The average Bonchev–Trinajstić information content (AvgIpc) is 2.02. The first-order valence-corrected chi connectivity index (χ1v) is 5.79. The van der Waals surface area contributed by atoms with Crippen molar-refractivity contribution in [3.63, 3.8) is 0 Å². The first kappa shape index (κ1) is 9.47. The van der Waals surface area contributed by atoms with Gasteiger partial charge in [0.05, 0.1) is 0 Å². The summed E-state index contributed by atoms with van der Waals surface area (Å²) in [5.74, 6) is 0.916. The highest BCUT2D eigenvalue weighted by atomic mass is 15.2. The fourth-order valence-electron chi connectivity index (χ4n) is 2.64. The van der Waals surface area contributed by atoms with Crippen LogP contribution in [0.2, 0.25) is 0 Å². The molecule has 0 spiro atoms. The summed E-state index contributed by atoms with van der Waals surface area (Å²) in [6, 6.07) is 0.958. The first-order chi connectivity index (χ1) is 6.40.